The van der Waals surface area contributed by atoms with Crippen LogP contribution in [0, 0.1) is 0 Å². The molecule has 134 valence electrons. The van der Waals surface area contributed by atoms with Crippen LogP contribution in [0.2, 0.25) is 0 Å². The smallest absolute Gasteiger partial charge is 0.220 e. The van der Waals surface area contributed by atoms with Gasteiger partial charge in [0, 0.05) is 23.6 Å². The number of nitrogens with one attached hydrogen (secondary N) is 1. The Labute approximate surface area is 154 Å². The Balaban J connectivity index is 2.19. The summed E-state index contributed by atoms with van der Waals surface area (Å²) in [7, 11) is 1.62. The average Bonchev–Trinajstić information content (AvgIpc) is 2.60. The monoisotopic (exact) mass is 357 g/mol. The lowest BCUT2D eigenvalue weighted by atomic mass is 9.87. The van der Waals surface area contributed by atoms with Crippen LogP contribution in [0.3, 0.4) is 0 Å². The van der Waals surface area contributed by atoms with E-state index >= 15 is 0 Å². The average molecular weight is 358 g/mol. The van der Waals surface area contributed by atoms with E-state index in [1.807, 2.05) is 30.3 Å². The van der Waals surface area contributed by atoms with E-state index in [4.69, 9.17) is 0 Å². The van der Waals surface area contributed by atoms with Crippen molar-refractivity contribution in [1.82, 2.24) is 5.32 Å². The molecule has 0 heterocycles. The lowest BCUT2D eigenvalue weighted by Crippen LogP contribution is -2.26. The molecule has 0 bridgehead atoms. The Kier molecular flexibility index (Phi) is 6.68. The van der Waals surface area contributed by atoms with E-state index in [2.05, 4.69) is 50.4 Å². The number of thioether (sulfide) groups is 1. The second kappa shape index (κ2) is 8.54. The minimum atomic E-state index is -0.703. The zero-order chi connectivity index (χ0) is 18.4. The van der Waals surface area contributed by atoms with Gasteiger partial charge in [0.2, 0.25) is 5.91 Å². The Morgan fingerprint density at radius 2 is 1.68 bits per heavy atom. The predicted molar refractivity (Wildman–Crippen MR) is 105 cm³/mol. The fraction of sp³-hybridized carbons (Fsp3) is 0.381. The minimum absolute atomic E-state index is 0.0706. The summed E-state index contributed by atoms with van der Waals surface area (Å²) >= 11 is 1.54. The molecule has 2 unspecified atom stereocenters. The van der Waals surface area contributed by atoms with E-state index in [9.17, 15) is 9.90 Å². The van der Waals surface area contributed by atoms with Gasteiger partial charge in [-0.05, 0) is 28.7 Å². The maximum absolute atomic E-state index is 11.9. The number of amides is 1. The second-order valence-corrected chi connectivity index (χ2v) is 8.48. The van der Waals surface area contributed by atoms with Crippen molar-refractivity contribution in [2.45, 2.75) is 48.9 Å². The third-order valence-electron chi connectivity index (χ3n) is 4.17. The van der Waals surface area contributed by atoms with Gasteiger partial charge in [-0.25, -0.2) is 0 Å². The standard InChI is InChI=1S/C21H27NO2S/c1-21(2,3)16-10-12-17(13-11-16)25-18(14-19(23)22-4)20(24)15-8-6-5-7-9-15/h5-13,18,20,24H,14H2,1-4H3,(H,22,23). The van der Waals surface area contributed by atoms with Gasteiger partial charge in [0.05, 0.1) is 6.10 Å². The van der Waals surface area contributed by atoms with E-state index < -0.39 is 6.10 Å². The van der Waals surface area contributed by atoms with Crippen LogP contribution >= 0.6 is 11.8 Å². The fourth-order valence-electron chi connectivity index (χ4n) is 2.58. The number of hydrogen-bond acceptors (Lipinski definition) is 3. The maximum atomic E-state index is 11.9. The Hall–Kier alpha value is -1.78. The van der Waals surface area contributed by atoms with Gasteiger partial charge in [0.25, 0.3) is 0 Å². The molecule has 2 N–H and O–H groups in total. The normalized spacial score (nSPS) is 14.0. The van der Waals surface area contributed by atoms with Crippen molar-refractivity contribution >= 4 is 17.7 Å². The molecule has 25 heavy (non-hydrogen) atoms. The van der Waals surface area contributed by atoms with Gasteiger partial charge < -0.3 is 10.4 Å². The highest BCUT2D eigenvalue weighted by atomic mass is 32.2. The van der Waals surface area contributed by atoms with E-state index in [0.717, 1.165) is 10.5 Å². The molecule has 1 amide bonds. The molecular weight excluding hydrogens is 330 g/mol. The van der Waals surface area contributed by atoms with Crippen molar-refractivity contribution < 1.29 is 9.90 Å². The molecule has 4 heteroatoms. The van der Waals surface area contributed by atoms with E-state index in [0.29, 0.717) is 0 Å². The van der Waals surface area contributed by atoms with Crippen LogP contribution in [-0.4, -0.2) is 23.3 Å². The highest BCUT2D eigenvalue weighted by Crippen LogP contribution is 2.35. The summed E-state index contributed by atoms with van der Waals surface area (Å²) in [4.78, 5) is 13.0. The molecule has 0 saturated carbocycles. The first-order valence-electron chi connectivity index (χ1n) is 8.52. The molecule has 0 aliphatic rings. The van der Waals surface area contributed by atoms with Crippen molar-refractivity contribution in [2.24, 2.45) is 0 Å². The SMILES string of the molecule is CNC(=O)CC(Sc1ccc(C(C)(C)C)cc1)C(O)c1ccccc1. The van der Waals surface area contributed by atoms with Crippen LogP contribution in [0.5, 0.6) is 0 Å². The van der Waals surface area contributed by atoms with Crippen molar-refractivity contribution in [3.63, 3.8) is 0 Å². The molecule has 2 atom stereocenters. The third kappa shape index (κ3) is 5.62. The molecule has 0 aliphatic heterocycles. The Morgan fingerprint density at radius 3 is 2.20 bits per heavy atom. The molecule has 0 fully saturated rings. The lowest BCUT2D eigenvalue weighted by Gasteiger charge is -2.23. The molecule has 0 saturated heterocycles. The number of hydrogen-bond donors (Lipinski definition) is 2. The molecule has 2 rings (SSSR count). The molecule has 0 spiro atoms. The first kappa shape index (κ1) is 19.5. The quantitative estimate of drug-likeness (QED) is 0.757. The first-order valence-corrected chi connectivity index (χ1v) is 9.40. The summed E-state index contributed by atoms with van der Waals surface area (Å²) in [6.45, 7) is 6.55. The van der Waals surface area contributed by atoms with Gasteiger partial charge in [-0.3, -0.25) is 4.79 Å². The minimum Gasteiger partial charge on any atom is -0.387 e. The van der Waals surface area contributed by atoms with Crippen molar-refractivity contribution in [3.05, 3.63) is 65.7 Å². The van der Waals surface area contributed by atoms with Gasteiger partial charge in [0.15, 0.2) is 0 Å². The molecule has 2 aromatic rings. The van der Waals surface area contributed by atoms with Crippen LogP contribution in [0.25, 0.3) is 0 Å². The number of carbonyl (C=O) groups excluding carboxylic acids is 1. The Bertz CT molecular complexity index is 677. The summed E-state index contributed by atoms with van der Waals surface area (Å²) in [5.41, 5.74) is 2.20. The zero-order valence-corrected chi connectivity index (χ0v) is 16.1. The molecule has 3 nitrogen and oxygen atoms in total. The van der Waals surface area contributed by atoms with Gasteiger partial charge >= 0.3 is 0 Å². The lowest BCUT2D eigenvalue weighted by molar-refractivity contribution is -0.121. The summed E-state index contributed by atoms with van der Waals surface area (Å²) in [6.07, 6.45) is -0.441. The molecule has 0 radical (unpaired) electrons. The number of carbonyl (C=O) groups is 1. The number of aliphatic hydroxyl groups is 1. The van der Waals surface area contributed by atoms with E-state index in [1.165, 1.54) is 5.56 Å². The van der Waals surface area contributed by atoms with Gasteiger partial charge in [-0.15, -0.1) is 11.8 Å². The zero-order valence-electron chi connectivity index (χ0n) is 15.3. The predicted octanol–water partition coefficient (Wildman–Crippen LogP) is 4.31. The number of benzene rings is 2. The van der Waals surface area contributed by atoms with Gasteiger partial charge in [0.1, 0.15) is 0 Å². The fourth-order valence-corrected chi connectivity index (χ4v) is 3.74. The van der Waals surface area contributed by atoms with Crippen molar-refractivity contribution in [1.29, 1.82) is 0 Å². The molecule has 0 aliphatic carbocycles. The van der Waals surface area contributed by atoms with Gasteiger partial charge in [-0.1, -0.05) is 63.2 Å². The number of rotatable bonds is 6. The van der Waals surface area contributed by atoms with Crippen molar-refractivity contribution in [3.8, 4) is 0 Å². The molecule has 0 aromatic heterocycles. The second-order valence-electron chi connectivity index (χ2n) is 7.16. The van der Waals surface area contributed by atoms with Crippen molar-refractivity contribution in [2.75, 3.05) is 7.05 Å². The van der Waals surface area contributed by atoms with Crippen LogP contribution < -0.4 is 5.32 Å². The largest absolute Gasteiger partial charge is 0.387 e. The van der Waals surface area contributed by atoms with Crippen LogP contribution in [0.15, 0.2) is 59.5 Å². The highest BCUT2D eigenvalue weighted by Gasteiger charge is 2.25. The van der Waals surface area contributed by atoms with Crippen LogP contribution in [0.4, 0.5) is 0 Å². The van der Waals surface area contributed by atoms with Crippen LogP contribution in [0.1, 0.15) is 44.4 Å². The number of aliphatic hydroxyl groups excluding tert-OH is 1. The topological polar surface area (TPSA) is 49.3 Å². The van der Waals surface area contributed by atoms with E-state index in [-0.39, 0.29) is 23.0 Å². The molecule has 2 aromatic carbocycles. The summed E-state index contributed by atoms with van der Waals surface area (Å²) in [5.74, 6) is -0.0706. The highest BCUT2D eigenvalue weighted by molar-refractivity contribution is 8.00. The Morgan fingerprint density at radius 1 is 1.08 bits per heavy atom. The molecular formula is C21H27NO2S. The summed E-state index contributed by atoms with van der Waals surface area (Å²) in [5, 5.41) is 13.2. The summed E-state index contributed by atoms with van der Waals surface area (Å²) < 4.78 is 0. The first-order chi connectivity index (χ1) is 11.8. The van der Waals surface area contributed by atoms with Crippen LogP contribution in [-0.2, 0) is 10.2 Å². The van der Waals surface area contributed by atoms with Gasteiger partial charge in [-0.2, -0.15) is 0 Å². The third-order valence-corrected chi connectivity index (χ3v) is 5.44. The summed E-state index contributed by atoms with van der Waals surface area (Å²) in [6, 6.07) is 17.9. The maximum Gasteiger partial charge on any atom is 0.220 e. The van der Waals surface area contributed by atoms with E-state index in [1.54, 1.807) is 18.8 Å².